The molecule has 1 atom stereocenters. The van der Waals surface area contributed by atoms with Crippen LogP contribution in [0.3, 0.4) is 0 Å². The van der Waals surface area contributed by atoms with Gasteiger partial charge in [0.2, 0.25) is 0 Å². The number of hydrogen-bond donors (Lipinski definition) is 3. The fraction of sp³-hybridized carbons (Fsp3) is 0.452. The molecule has 3 rings (SSSR count). The van der Waals surface area contributed by atoms with E-state index in [0.29, 0.717) is 38.3 Å². The lowest BCUT2D eigenvalue weighted by Gasteiger charge is -2.21. The molecule has 0 radical (unpaired) electrons. The van der Waals surface area contributed by atoms with Crippen LogP contribution in [0.4, 0.5) is 0 Å². The molecule has 4 N–H and O–H groups in total. The highest BCUT2D eigenvalue weighted by Crippen LogP contribution is 2.30. The normalized spacial score (nSPS) is 12.4. The molecule has 7 heteroatoms. The third kappa shape index (κ3) is 8.36. The standard InChI is InChI=1S/C31H43N3O4/c1-6-8-23-9-10-27(28(20-23)38-21-31(3,4)5)37-16-12-33-22(2)17-24-18-25-11-14-34(13-7-15-35)29(25)26(19-24)30(32)36/h6,9-11,14,18-20,22,33,35H,1,7-8,12-13,15-17,21H2,2-5H3,(H2,32,36)/t22-/m1/s1. The lowest BCUT2D eigenvalue weighted by atomic mass is 9.99. The maximum Gasteiger partial charge on any atom is 0.250 e. The lowest BCUT2D eigenvalue weighted by Crippen LogP contribution is -2.32. The molecule has 0 bridgehead atoms. The third-order valence-corrected chi connectivity index (χ3v) is 6.19. The van der Waals surface area contributed by atoms with Gasteiger partial charge in [-0.1, -0.05) is 32.9 Å². The number of nitrogens with two attached hydrogens (primary N) is 1. The predicted molar refractivity (Wildman–Crippen MR) is 154 cm³/mol. The number of rotatable bonds is 15. The molecule has 3 aromatic rings. The number of benzene rings is 2. The number of allylic oxidation sites excluding steroid dienone is 1. The first-order valence-corrected chi connectivity index (χ1v) is 13.4. The highest BCUT2D eigenvalue weighted by molar-refractivity contribution is 6.05. The van der Waals surface area contributed by atoms with Crippen LogP contribution >= 0.6 is 0 Å². The van der Waals surface area contributed by atoms with Crippen molar-refractivity contribution in [3.63, 3.8) is 0 Å². The number of nitrogens with one attached hydrogen (secondary N) is 1. The van der Waals surface area contributed by atoms with Crippen molar-refractivity contribution < 1.29 is 19.4 Å². The van der Waals surface area contributed by atoms with Gasteiger partial charge in [-0.25, -0.2) is 0 Å². The van der Waals surface area contributed by atoms with Crippen LogP contribution in [0.5, 0.6) is 11.5 Å². The summed E-state index contributed by atoms with van der Waals surface area (Å²) in [7, 11) is 0. The Morgan fingerprint density at radius 2 is 1.95 bits per heavy atom. The molecular weight excluding hydrogens is 478 g/mol. The van der Waals surface area contributed by atoms with Crippen LogP contribution in [0, 0.1) is 5.41 Å². The van der Waals surface area contributed by atoms with E-state index >= 15 is 0 Å². The molecule has 2 aromatic carbocycles. The van der Waals surface area contributed by atoms with Crippen molar-refractivity contribution in [2.24, 2.45) is 11.1 Å². The summed E-state index contributed by atoms with van der Waals surface area (Å²) < 4.78 is 14.2. The molecule has 1 amide bonds. The average Bonchev–Trinajstić information content (AvgIpc) is 3.26. The summed E-state index contributed by atoms with van der Waals surface area (Å²) in [5.41, 5.74) is 9.29. The number of aromatic nitrogens is 1. The quantitative estimate of drug-likeness (QED) is 0.196. The molecule has 38 heavy (non-hydrogen) atoms. The van der Waals surface area contributed by atoms with Crippen molar-refractivity contribution in [3.8, 4) is 11.5 Å². The molecule has 7 nitrogen and oxygen atoms in total. The first-order valence-electron chi connectivity index (χ1n) is 13.4. The Bertz CT molecular complexity index is 1230. The summed E-state index contributed by atoms with van der Waals surface area (Å²) in [6.45, 7) is 14.9. The van der Waals surface area contributed by atoms with Crippen molar-refractivity contribution in [1.82, 2.24) is 9.88 Å². The number of carbonyl (C=O) groups excluding carboxylic acids is 1. The van der Waals surface area contributed by atoms with Gasteiger partial charge in [-0.15, -0.1) is 6.58 Å². The number of nitrogens with zero attached hydrogens (tertiary/aromatic N) is 1. The Kier molecular flexibility index (Phi) is 10.4. The van der Waals surface area contributed by atoms with Gasteiger partial charge < -0.3 is 30.2 Å². The van der Waals surface area contributed by atoms with E-state index < -0.39 is 5.91 Å². The van der Waals surface area contributed by atoms with Crippen molar-refractivity contribution in [3.05, 3.63) is 71.9 Å². The second-order valence-corrected chi connectivity index (χ2v) is 11.1. The molecule has 0 aliphatic carbocycles. The van der Waals surface area contributed by atoms with Gasteiger partial charge in [0.1, 0.15) is 6.61 Å². The van der Waals surface area contributed by atoms with Gasteiger partial charge in [0.05, 0.1) is 17.7 Å². The zero-order valence-corrected chi connectivity index (χ0v) is 23.3. The zero-order chi connectivity index (χ0) is 27.7. The number of fused-ring (bicyclic) bond motifs is 1. The summed E-state index contributed by atoms with van der Waals surface area (Å²) in [5.74, 6) is 1.04. The van der Waals surface area contributed by atoms with E-state index in [1.165, 1.54) is 0 Å². The summed E-state index contributed by atoms with van der Waals surface area (Å²) in [6.07, 6.45) is 5.97. The molecule has 1 aromatic heterocycles. The molecule has 0 saturated heterocycles. The molecular formula is C31H43N3O4. The van der Waals surface area contributed by atoms with Gasteiger partial charge in [-0.2, -0.15) is 0 Å². The molecule has 0 fully saturated rings. The van der Waals surface area contributed by atoms with E-state index in [1.54, 1.807) is 0 Å². The Hall–Kier alpha value is -3.29. The Labute approximate surface area is 226 Å². The number of aryl methyl sites for hydroxylation is 1. The van der Waals surface area contributed by atoms with Gasteiger partial charge in [0, 0.05) is 37.3 Å². The first-order chi connectivity index (χ1) is 18.1. The third-order valence-electron chi connectivity index (χ3n) is 6.19. The molecule has 0 aliphatic heterocycles. The minimum Gasteiger partial charge on any atom is -0.489 e. The second kappa shape index (κ2) is 13.5. The number of hydrogen-bond acceptors (Lipinski definition) is 5. The van der Waals surface area contributed by atoms with E-state index in [9.17, 15) is 9.90 Å². The molecule has 0 unspecified atom stereocenters. The summed E-state index contributed by atoms with van der Waals surface area (Å²) >= 11 is 0. The van der Waals surface area contributed by atoms with Crippen LogP contribution in [-0.2, 0) is 19.4 Å². The zero-order valence-electron chi connectivity index (χ0n) is 23.3. The molecule has 206 valence electrons. The van der Waals surface area contributed by atoms with Gasteiger partial charge >= 0.3 is 0 Å². The Balaban J connectivity index is 1.60. The highest BCUT2D eigenvalue weighted by Gasteiger charge is 2.16. The minimum atomic E-state index is -0.446. The van der Waals surface area contributed by atoms with Gasteiger partial charge in [-0.3, -0.25) is 4.79 Å². The van der Waals surface area contributed by atoms with E-state index in [2.05, 4.69) is 45.7 Å². The summed E-state index contributed by atoms with van der Waals surface area (Å²) in [6, 6.07) is 12.2. The first kappa shape index (κ1) is 29.3. The number of primary amides is 1. The Morgan fingerprint density at radius 1 is 1.16 bits per heavy atom. The van der Waals surface area contributed by atoms with Crippen LogP contribution in [0.25, 0.3) is 10.9 Å². The largest absolute Gasteiger partial charge is 0.489 e. The van der Waals surface area contributed by atoms with Gasteiger partial charge in [0.25, 0.3) is 5.91 Å². The Morgan fingerprint density at radius 3 is 2.63 bits per heavy atom. The predicted octanol–water partition coefficient (Wildman–Crippen LogP) is 4.88. The van der Waals surface area contributed by atoms with E-state index in [-0.39, 0.29) is 18.1 Å². The van der Waals surface area contributed by atoms with E-state index in [0.717, 1.165) is 46.4 Å². The number of carbonyl (C=O) groups is 1. The average molecular weight is 522 g/mol. The molecule has 1 heterocycles. The van der Waals surface area contributed by atoms with Crippen molar-refractivity contribution in [1.29, 1.82) is 0 Å². The van der Waals surface area contributed by atoms with Crippen LogP contribution in [-0.4, -0.2) is 48.0 Å². The van der Waals surface area contributed by atoms with E-state index in [1.807, 2.05) is 47.2 Å². The summed E-state index contributed by atoms with van der Waals surface area (Å²) in [4.78, 5) is 12.2. The minimum absolute atomic E-state index is 0.0438. The van der Waals surface area contributed by atoms with Crippen molar-refractivity contribution in [2.75, 3.05) is 26.4 Å². The maximum absolute atomic E-state index is 12.2. The molecule has 0 spiro atoms. The molecule has 0 saturated carbocycles. The van der Waals surface area contributed by atoms with E-state index in [4.69, 9.17) is 15.2 Å². The number of aliphatic hydroxyl groups is 1. The fourth-order valence-electron chi connectivity index (χ4n) is 4.41. The summed E-state index contributed by atoms with van der Waals surface area (Å²) in [5, 5.41) is 13.7. The van der Waals surface area contributed by atoms with Crippen LogP contribution < -0.4 is 20.5 Å². The van der Waals surface area contributed by atoms with Crippen LogP contribution in [0.2, 0.25) is 0 Å². The van der Waals surface area contributed by atoms with Crippen LogP contribution in [0.1, 0.15) is 55.6 Å². The maximum atomic E-state index is 12.2. The number of aliphatic hydroxyl groups excluding tert-OH is 1. The van der Waals surface area contributed by atoms with Crippen molar-refractivity contribution >= 4 is 16.8 Å². The van der Waals surface area contributed by atoms with Gasteiger partial charge in [0.15, 0.2) is 11.5 Å². The number of ether oxygens (including phenoxy) is 2. The smallest absolute Gasteiger partial charge is 0.250 e. The molecule has 0 aliphatic rings. The monoisotopic (exact) mass is 521 g/mol. The fourth-order valence-corrected chi connectivity index (χ4v) is 4.41. The second-order valence-electron chi connectivity index (χ2n) is 11.1. The SMILES string of the molecule is C=CCc1ccc(OCCN[C@H](C)Cc2cc(C(N)=O)c3c(ccn3CCCO)c2)c(OCC(C)(C)C)c1. The highest BCUT2D eigenvalue weighted by atomic mass is 16.5. The van der Waals surface area contributed by atoms with Gasteiger partial charge in [-0.05, 0) is 73.1 Å². The van der Waals surface area contributed by atoms with Crippen molar-refractivity contribution in [2.45, 2.75) is 59.5 Å². The lowest BCUT2D eigenvalue weighted by molar-refractivity contribution is 0.100. The number of amides is 1. The van der Waals surface area contributed by atoms with Crippen LogP contribution in [0.15, 0.2) is 55.3 Å². The topological polar surface area (TPSA) is 98.7 Å².